The molecule has 0 spiro atoms. The van der Waals surface area contributed by atoms with Crippen LogP contribution in [0, 0.1) is 0 Å². The lowest BCUT2D eigenvalue weighted by Gasteiger charge is -2.18. The maximum absolute atomic E-state index is 4.18. The molecular formula is C17H26N2. The molecule has 0 bridgehead atoms. The second kappa shape index (κ2) is 7.46. The van der Waals surface area contributed by atoms with Gasteiger partial charge in [0.1, 0.15) is 0 Å². The average molecular weight is 258 g/mol. The third-order valence-electron chi connectivity index (χ3n) is 3.79. The molecule has 1 aliphatic rings. The molecule has 0 aromatic heterocycles. The lowest BCUT2D eigenvalue weighted by Crippen LogP contribution is -2.27. The number of likely N-dealkylation sites (tertiary alicyclic amines) is 1. The molecule has 19 heavy (non-hydrogen) atoms. The Kier molecular flexibility index (Phi) is 5.62. The number of rotatable bonds is 7. The fourth-order valence-electron chi connectivity index (χ4n) is 2.79. The molecule has 2 heteroatoms. The Morgan fingerprint density at radius 3 is 2.89 bits per heavy atom. The molecule has 1 N–H and O–H groups in total. The van der Waals surface area contributed by atoms with Crippen molar-refractivity contribution in [2.75, 3.05) is 32.7 Å². The summed E-state index contributed by atoms with van der Waals surface area (Å²) in [5.41, 5.74) is 2.79. The van der Waals surface area contributed by atoms with E-state index in [9.17, 15) is 0 Å². The molecule has 2 rings (SSSR count). The summed E-state index contributed by atoms with van der Waals surface area (Å²) in [5, 5.41) is 3.43. The molecule has 1 fully saturated rings. The Balaban J connectivity index is 1.74. The Hall–Kier alpha value is -1.12. The first kappa shape index (κ1) is 14.3. The van der Waals surface area contributed by atoms with Crippen molar-refractivity contribution in [3.8, 4) is 0 Å². The molecule has 0 aliphatic carbocycles. The van der Waals surface area contributed by atoms with Crippen LogP contribution >= 0.6 is 0 Å². The normalized spacial score (nSPS) is 19.7. The van der Waals surface area contributed by atoms with Gasteiger partial charge >= 0.3 is 0 Å². The molecule has 1 heterocycles. The molecule has 0 radical (unpaired) electrons. The number of benzene rings is 1. The van der Waals surface area contributed by atoms with E-state index in [2.05, 4.69) is 54.1 Å². The molecular weight excluding hydrogens is 232 g/mol. The van der Waals surface area contributed by atoms with E-state index in [0.717, 1.165) is 19.6 Å². The van der Waals surface area contributed by atoms with Crippen molar-refractivity contribution in [3.05, 3.63) is 48.0 Å². The van der Waals surface area contributed by atoms with Crippen LogP contribution in [0.3, 0.4) is 0 Å². The fraction of sp³-hybridized carbons (Fsp3) is 0.529. The van der Waals surface area contributed by atoms with Crippen molar-refractivity contribution in [2.24, 2.45) is 0 Å². The predicted octanol–water partition coefficient (Wildman–Crippen LogP) is 3.03. The van der Waals surface area contributed by atoms with Crippen molar-refractivity contribution in [3.63, 3.8) is 0 Å². The second-order valence-electron chi connectivity index (χ2n) is 5.56. The molecule has 1 unspecified atom stereocenters. The first-order chi connectivity index (χ1) is 9.29. The van der Waals surface area contributed by atoms with Crippen LogP contribution in [0.1, 0.15) is 31.2 Å². The minimum absolute atomic E-state index is 0.706. The first-order valence-corrected chi connectivity index (χ1v) is 7.44. The summed E-state index contributed by atoms with van der Waals surface area (Å²) in [5.74, 6) is 0.706. The van der Waals surface area contributed by atoms with E-state index in [-0.39, 0.29) is 0 Å². The summed E-state index contributed by atoms with van der Waals surface area (Å²) in [6.07, 6.45) is 2.47. The third kappa shape index (κ3) is 4.48. The van der Waals surface area contributed by atoms with Gasteiger partial charge in [-0.05, 0) is 43.0 Å². The van der Waals surface area contributed by atoms with Crippen molar-refractivity contribution in [2.45, 2.75) is 25.7 Å². The standard InChI is InChI=1S/C17H26N2/c1-3-10-18-12-15(2)13-19-11-9-17(14-19)16-7-5-4-6-8-16/h4-8,17-18H,2-3,9-14H2,1H3. The number of hydrogen-bond donors (Lipinski definition) is 1. The molecule has 1 atom stereocenters. The summed E-state index contributed by atoms with van der Waals surface area (Å²) in [4.78, 5) is 2.54. The highest BCUT2D eigenvalue weighted by molar-refractivity contribution is 5.21. The van der Waals surface area contributed by atoms with Gasteiger partial charge in [-0.15, -0.1) is 0 Å². The summed E-state index contributed by atoms with van der Waals surface area (Å²) < 4.78 is 0. The Labute approximate surface area is 117 Å². The van der Waals surface area contributed by atoms with Crippen molar-refractivity contribution >= 4 is 0 Å². The van der Waals surface area contributed by atoms with Gasteiger partial charge in [0.15, 0.2) is 0 Å². The third-order valence-corrected chi connectivity index (χ3v) is 3.79. The predicted molar refractivity (Wildman–Crippen MR) is 82.5 cm³/mol. The van der Waals surface area contributed by atoms with Gasteiger partial charge < -0.3 is 5.32 Å². The van der Waals surface area contributed by atoms with E-state index < -0.39 is 0 Å². The van der Waals surface area contributed by atoms with Crippen LogP contribution in [0.5, 0.6) is 0 Å². The van der Waals surface area contributed by atoms with Gasteiger partial charge in [0.2, 0.25) is 0 Å². The zero-order valence-electron chi connectivity index (χ0n) is 12.1. The lowest BCUT2D eigenvalue weighted by molar-refractivity contribution is 0.360. The van der Waals surface area contributed by atoms with E-state index >= 15 is 0 Å². The number of nitrogens with one attached hydrogen (secondary N) is 1. The summed E-state index contributed by atoms with van der Waals surface area (Å²) in [6.45, 7) is 11.8. The van der Waals surface area contributed by atoms with E-state index in [0.29, 0.717) is 5.92 Å². The van der Waals surface area contributed by atoms with E-state index in [4.69, 9.17) is 0 Å². The van der Waals surface area contributed by atoms with Gasteiger partial charge in [0.05, 0.1) is 0 Å². The average Bonchev–Trinajstić information content (AvgIpc) is 2.88. The van der Waals surface area contributed by atoms with Crippen LogP contribution < -0.4 is 5.32 Å². The van der Waals surface area contributed by atoms with Crippen LogP contribution in [0.2, 0.25) is 0 Å². The SMILES string of the molecule is C=C(CNCCC)CN1CCC(c2ccccc2)C1. The quantitative estimate of drug-likeness (QED) is 0.597. The molecule has 0 saturated carbocycles. The van der Waals surface area contributed by atoms with E-state index in [1.54, 1.807) is 0 Å². The highest BCUT2D eigenvalue weighted by Crippen LogP contribution is 2.26. The van der Waals surface area contributed by atoms with Crippen LogP contribution in [0.25, 0.3) is 0 Å². The largest absolute Gasteiger partial charge is 0.313 e. The molecule has 0 amide bonds. The zero-order valence-corrected chi connectivity index (χ0v) is 12.1. The molecule has 1 aromatic rings. The summed E-state index contributed by atoms with van der Waals surface area (Å²) in [6, 6.07) is 10.9. The van der Waals surface area contributed by atoms with E-state index in [1.165, 1.54) is 37.1 Å². The highest BCUT2D eigenvalue weighted by Gasteiger charge is 2.23. The second-order valence-corrected chi connectivity index (χ2v) is 5.56. The van der Waals surface area contributed by atoms with Crippen LogP contribution in [-0.2, 0) is 0 Å². The topological polar surface area (TPSA) is 15.3 Å². The van der Waals surface area contributed by atoms with Gasteiger partial charge in [-0.25, -0.2) is 0 Å². The summed E-state index contributed by atoms with van der Waals surface area (Å²) >= 11 is 0. The van der Waals surface area contributed by atoms with Crippen LogP contribution in [0.4, 0.5) is 0 Å². The first-order valence-electron chi connectivity index (χ1n) is 7.44. The number of hydrogen-bond acceptors (Lipinski definition) is 2. The fourth-order valence-corrected chi connectivity index (χ4v) is 2.79. The van der Waals surface area contributed by atoms with Gasteiger partial charge in [-0.3, -0.25) is 4.90 Å². The summed E-state index contributed by atoms with van der Waals surface area (Å²) in [7, 11) is 0. The van der Waals surface area contributed by atoms with Crippen LogP contribution in [-0.4, -0.2) is 37.6 Å². The lowest BCUT2D eigenvalue weighted by atomic mass is 9.99. The molecule has 1 aromatic carbocycles. The zero-order chi connectivity index (χ0) is 13.5. The highest BCUT2D eigenvalue weighted by atomic mass is 15.1. The van der Waals surface area contributed by atoms with Gasteiger partial charge in [0.25, 0.3) is 0 Å². The molecule has 1 aliphatic heterocycles. The minimum atomic E-state index is 0.706. The van der Waals surface area contributed by atoms with Gasteiger partial charge in [-0.1, -0.05) is 43.8 Å². The monoisotopic (exact) mass is 258 g/mol. The van der Waals surface area contributed by atoms with Crippen molar-refractivity contribution in [1.82, 2.24) is 10.2 Å². The Morgan fingerprint density at radius 1 is 1.37 bits per heavy atom. The van der Waals surface area contributed by atoms with E-state index in [1.807, 2.05) is 0 Å². The molecule has 2 nitrogen and oxygen atoms in total. The maximum Gasteiger partial charge on any atom is 0.0203 e. The van der Waals surface area contributed by atoms with Crippen LogP contribution in [0.15, 0.2) is 42.5 Å². The molecule has 1 saturated heterocycles. The number of nitrogens with zero attached hydrogens (tertiary/aromatic N) is 1. The minimum Gasteiger partial charge on any atom is -0.313 e. The molecule has 104 valence electrons. The van der Waals surface area contributed by atoms with Gasteiger partial charge in [0, 0.05) is 19.6 Å². The Morgan fingerprint density at radius 2 is 2.16 bits per heavy atom. The van der Waals surface area contributed by atoms with Crippen molar-refractivity contribution < 1.29 is 0 Å². The van der Waals surface area contributed by atoms with Gasteiger partial charge in [-0.2, -0.15) is 0 Å². The maximum atomic E-state index is 4.18. The Bertz CT molecular complexity index is 386. The van der Waals surface area contributed by atoms with Crippen molar-refractivity contribution in [1.29, 1.82) is 0 Å². The smallest absolute Gasteiger partial charge is 0.0203 e.